The second kappa shape index (κ2) is 8.75. The van der Waals surface area contributed by atoms with E-state index in [4.69, 9.17) is 25.3 Å². The summed E-state index contributed by atoms with van der Waals surface area (Å²) in [5.41, 5.74) is 9.51. The van der Waals surface area contributed by atoms with Crippen molar-refractivity contribution in [1.82, 2.24) is 14.6 Å². The van der Waals surface area contributed by atoms with E-state index in [0.717, 1.165) is 46.2 Å². The van der Waals surface area contributed by atoms with Crippen molar-refractivity contribution in [2.75, 3.05) is 20.3 Å². The zero-order chi connectivity index (χ0) is 20.1. The minimum atomic E-state index is 0.635. The second-order valence-corrected chi connectivity index (χ2v) is 6.75. The van der Waals surface area contributed by atoms with Gasteiger partial charge >= 0.3 is 0 Å². The summed E-state index contributed by atoms with van der Waals surface area (Å²) in [6.07, 6.45) is 1.51. The third-order valence-electron chi connectivity index (χ3n) is 4.69. The molecule has 0 atom stereocenters. The number of aromatic nitrogens is 3. The van der Waals surface area contributed by atoms with E-state index >= 15 is 0 Å². The number of benzene rings is 2. The van der Waals surface area contributed by atoms with Crippen molar-refractivity contribution in [3.63, 3.8) is 0 Å². The number of pyridine rings is 1. The average molecular weight is 388 g/mol. The molecule has 4 aromatic rings. The van der Waals surface area contributed by atoms with E-state index in [1.54, 1.807) is 7.11 Å². The predicted molar refractivity (Wildman–Crippen MR) is 113 cm³/mol. The number of rotatable bonds is 8. The van der Waals surface area contributed by atoms with E-state index in [1.807, 2.05) is 71.2 Å². The van der Waals surface area contributed by atoms with E-state index in [2.05, 4.69) is 0 Å². The Labute approximate surface area is 169 Å². The Kier molecular flexibility index (Phi) is 5.72. The molecule has 4 rings (SSSR count). The molecule has 2 heterocycles. The van der Waals surface area contributed by atoms with Gasteiger partial charge in [0, 0.05) is 12.0 Å². The first-order valence-corrected chi connectivity index (χ1v) is 9.68. The molecule has 2 aromatic carbocycles. The maximum atomic E-state index is 5.66. The fourth-order valence-corrected chi connectivity index (χ4v) is 3.16. The molecule has 0 bridgehead atoms. The van der Waals surface area contributed by atoms with Gasteiger partial charge in [0.2, 0.25) is 0 Å². The molecule has 2 N–H and O–H groups in total. The van der Waals surface area contributed by atoms with Crippen molar-refractivity contribution in [2.24, 2.45) is 5.73 Å². The highest BCUT2D eigenvalue weighted by atomic mass is 16.5. The summed E-state index contributed by atoms with van der Waals surface area (Å²) in [6, 6.07) is 22.0. The SMILES string of the molecule is COc1ccc(-c2cccc3nc(Cc4ccc(OCCCN)cc4)nn23)cc1. The van der Waals surface area contributed by atoms with Crippen LogP contribution in [0.2, 0.25) is 0 Å². The molecule has 0 aliphatic heterocycles. The normalized spacial score (nSPS) is 11.0. The van der Waals surface area contributed by atoms with Crippen LogP contribution in [0.1, 0.15) is 17.8 Å². The van der Waals surface area contributed by atoms with Crippen LogP contribution in [0.3, 0.4) is 0 Å². The van der Waals surface area contributed by atoms with Gasteiger partial charge in [-0.3, -0.25) is 0 Å². The van der Waals surface area contributed by atoms with Crippen LogP contribution in [0.5, 0.6) is 11.5 Å². The molecule has 0 saturated carbocycles. The number of ether oxygens (including phenoxy) is 2. The first-order chi connectivity index (χ1) is 14.3. The molecule has 0 aliphatic carbocycles. The van der Waals surface area contributed by atoms with Gasteiger partial charge in [0.1, 0.15) is 11.5 Å². The molecule has 0 unspecified atom stereocenters. The molecule has 6 heteroatoms. The van der Waals surface area contributed by atoms with Crippen molar-refractivity contribution in [3.05, 3.63) is 78.1 Å². The monoisotopic (exact) mass is 388 g/mol. The third-order valence-corrected chi connectivity index (χ3v) is 4.69. The number of hydrogen-bond acceptors (Lipinski definition) is 5. The van der Waals surface area contributed by atoms with Crippen LogP contribution in [0, 0.1) is 0 Å². The Balaban J connectivity index is 1.54. The number of hydrogen-bond donors (Lipinski definition) is 1. The molecule has 0 radical (unpaired) electrons. The van der Waals surface area contributed by atoms with Crippen LogP contribution in [0.4, 0.5) is 0 Å². The third kappa shape index (κ3) is 4.38. The summed E-state index contributed by atoms with van der Waals surface area (Å²) in [6.45, 7) is 1.27. The van der Waals surface area contributed by atoms with E-state index in [9.17, 15) is 0 Å². The highest BCUT2D eigenvalue weighted by Gasteiger charge is 2.10. The number of methoxy groups -OCH3 is 1. The Morgan fingerprint density at radius 1 is 0.931 bits per heavy atom. The minimum Gasteiger partial charge on any atom is -0.497 e. The van der Waals surface area contributed by atoms with E-state index in [0.29, 0.717) is 19.6 Å². The highest BCUT2D eigenvalue weighted by molar-refractivity contribution is 5.63. The summed E-state index contributed by atoms with van der Waals surface area (Å²) >= 11 is 0. The van der Waals surface area contributed by atoms with Crippen molar-refractivity contribution >= 4 is 5.65 Å². The molecular formula is C23H24N4O2. The van der Waals surface area contributed by atoms with Crippen molar-refractivity contribution in [3.8, 4) is 22.8 Å². The van der Waals surface area contributed by atoms with Crippen LogP contribution in [0.25, 0.3) is 16.9 Å². The van der Waals surface area contributed by atoms with Gasteiger partial charge in [0.15, 0.2) is 11.5 Å². The summed E-state index contributed by atoms with van der Waals surface area (Å²) in [5, 5.41) is 4.74. The number of nitrogens with zero attached hydrogens (tertiary/aromatic N) is 3. The predicted octanol–water partition coefficient (Wildman–Crippen LogP) is 3.72. The molecule has 2 aromatic heterocycles. The van der Waals surface area contributed by atoms with Crippen molar-refractivity contribution in [2.45, 2.75) is 12.8 Å². The summed E-state index contributed by atoms with van der Waals surface area (Å²) < 4.78 is 12.8. The van der Waals surface area contributed by atoms with Gasteiger partial charge < -0.3 is 15.2 Å². The Morgan fingerprint density at radius 3 is 2.41 bits per heavy atom. The van der Waals surface area contributed by atoms with Crippen molar-refractivity contribution < 1.29 is 9.47 Å². The molecule has 148 valence electrons. The van der Waals surface area contributed by atoms with Gasteiger partial charge in [0.25, 0.3) is 0 Å². The quantitative estimate of drug-likeness (QED) is 0.466. The zero-order valence-corrected chi connectivity index (χ0v) is 16.4. The van der Waals surface area contributed by atoms with Crippen LogP contribution in [-0.4, -0.2) is 34.9 Å². The Morgan fingerprint density at radius 2 is 1.69 bits per heavy atom. The maximum absolute atomic E-state index is 5.66. The van der Waals surface area contributed by atoms with E-state index in [1.165, 1.54) is 0 Å². The van der Waals surface area contributed by atoms with E-state index in [-0.39, 0.29) is 0 Å². The standard InChI is InChI=1S/C23H24N4O2/c1-28-19-12-8-18(9-13-19)21-4-2-5-23-25-22(26-27(21)23)16-17-6-10-20(11-7-17)29-15-3-14-24/h2,4-13H,3,14-16,24H2,1H3. The van der Waals surface area contributed by atoms with Crippen LogP contribution >= 0.6 is 0 Å². The van der Waals surface area contributed by atoms with Gasteiger partial charge in [0.05, 0.1) is 19.4 Å². The topological polar surface area (TPSA) is 74.7 Å². The molecule has 0 saturated heterocycles. The molecule has 0 amide bonds. The number of fused-ring (bicyclic) bond motifs is 1. The summed E-state index contributed by atoms with van der Waals surface area (Å²) in [7, 11) is 1.66. The van der Waals surface area contributed by atoms with Gasteiger partial charge in [-0.25, -0.2) is 9.50 Å². The van der Waals surface area contributed by atoms with Gasteiger partial charge in [-0.2, -0.15) is 5.10 Å². The zero-order valence-electron chi connectivity index (χ0n) is 16.4. The fraction of sp³-hybridized carbons (Fsp3) is 0.217. The maximum Gasteiger partial charge on any atom is 0.156 e. The lowest BCUT2D eigenvalue weighted by Crippen LogP contribution is -2.06. The second-order valence-electron chi connectivity index (χ2n) is 6.75. The minimum absolute atomic E-state index is 0.635. The summed E-state index contributed by atoms with van der Waals surface area (Å²) in [4.78, 5) is 4.69. The van der Waals surface area contributed by atoms with Gasteiger partial charge in [-0.05, 0) is 67.1 Å². The number of nitrogens with two attached hydrogens (primary N) is 1. The highest BCUT2D eigenvalue weighted by Crippen LogP contribution is 2.23. The average Bonchev–Trinajstić information content (AvgIpc) is 3.18. The van der Waals surface area contributed by atoms with Gasteiger partial charge in [-0.1, -0.05) is 18.2 Å². The lowest BCUT2D eigenvalue weighted by atomic mass is 10.1. The molecular weight excluding hydrogens is 364 g/mol. The first kappa shape index (κ1) is 19.0. The molecule has 29 heavy (non-hydrogen) atoms. The fourth-order valence-electron chi connectivity index (χ4n) is 3.16. The smallest absolute Gasteiger partial charge is 0.156 e. The first-order valence-electron chi connectivity index (χ1n) is 9.68. The largest absolute Gasteiger partial charge is 0.497 e. The van der Waals surface area contributed by atoms with E-state index < -0.39 is 0 Å². The molecule has 6 nitrogen and oxygen atoms in total. The van der Waals surface area contributed by atoms with Crippen LogP contribution in [-0.2, 0) is 6.42 Å². The van der Waals surface area contributed by atoms with Gasteiger partial charge in [-0.15, -0.1) is 0 Å². The molecule has 0 aliphatic rings. The Hall–Kier alpha value is -3.38. The molecule has 0 spiro atoms. The Bertz CT molecular complexity index is 1070. The van der Waals surface area contributed by atoms with Crippen LogP contribution in [0.15, 0.2) is 66.7 Å². The lowest BCUT2D eigenvalue weighted by molar-refractivity contribution is 0.313. The lowest BCUT2D eigenvalue weighted by Gasteiger charge is -2.06. The summed E-state index contributed by atoms with van der Waals surface area (Å²) in [5.74, 6) is 2.46. The molecule has 0 fully saturated rings. The van der Waals surface area contributed by atoms with Crippen LogP contribution < -0.4 is 15.2 Å². The van der Waals surface area contributed by atoms with Crippen molar-refractivity contribution in [1.29, 1.82) is 0 Å².